The molecule has 0 bridgehead atoms. The van der Waals surface area contributed by atoms with Crippen LogP contribution >= 0.6 is 0 Å². The molecule has 0 aliphatic rings. The predicted molar refractivity (Wildman–Crippen MR) is 55.0 cm³/mol. The Kier molecular flexibility index (Phi) is 1.84. The summed E-state index contributed by atoms with van der Waals surface area (Å²) >= 11 is 0. The second kappa shape index (κ2) is 3.33. The summed E-state index contributed by atoms with van der Waals surface area (Å²) in [5, 5.41) is 22.1. The molecule has 0 aliphatic heterocycles. The van der Waals surface area contributed by atoms with Crippen molar-refractivity contribution in [3.63, 3.8) is 0 Å². The van der Waals surface area contributed by atoms with Gasteiger partial charge in [-0.1, -0.05) is 0 Å². The van der Waals surface area contributed by atoms with Crippen LogP contribution in [0.4, 0.5) is 5.82 Å². The van der Waals surface area contributed by atoms with Gasteiger partial charge < -0.3 is 10.1 Å². The molecule has 0 spiro atoms. The first-order valence-corrected chi connectivity index (χ1v) is 4.60. The molecule has 17 heavy (non-hydrogen) atoms. The summed E-state index contributed by atoms with van der Waals surface area (Å²) in [6.45, 7) is 0. The van der Waals surface area contributed by atoms with Crippen LogP contribution in [0, 0.1) is 10.1 Å². The highest BCUT2D eigenvalue weighted by Crippen LogP contribution is 2.20. The highest BCUT2D eigenvalue weighted by Gasteiger charge is 2.15. The van der Waals surface area contributed by atoms with E-state index >= 15 is 0 Å². The van der Waals surface area contributed by atoms with Crippen molar-refractivity contribution in [3.8, 4) is 11.4 Å². The highest BCUT2D eigenvalue weighted by molar-refractivity contribution is 5.71. The number of nitro groups is 1. The molecule has 9 nitrogen and oxygen atoms in total. The van der Waals surface area contributed by atoms with Crippen molar-refractivity contribution in [2.45, 2.75) is 0 Å². The standard InChI is InChI=1S/C8H5N7O2/c16-15(17)6-3-9-7(12-6)5-1-2-11-14-4-10-13-8(5)14/h1-4H,(H,9,12). The van der Waals surface area contributed by atoms with Gasteiger partial charge in [-0.15, -0.1) is 10.2 Å². The Labute approximate surface area is 93.3 Å². The average molecular weight is 231 g/mol. The van der Waals surface area contributed by atoms with Gasteiger partial charge in [0.1, 0.15) is 12.5 Å². The van der Waals surface area contributed by atoms with Crippen LogP contribution in [0.1, 0.15) is 0 Å². The van der Waals surface area contributed by atoms with Crippen LogP contribution in [0.2, 0.25) is 0 Å². The summed E-state index contributed by atoms with van der Waals surface area (Å²) in [4.78, 5) is 16.5. The van der Waals surface area contributed by atoms with E-state index in [1.807, 2.05) is 0 Å². The number of nitrogens with zero attached hydrogens (tertiary/aromatic N) is 6. The van der Waals surface area contributed by atoms with E-state index in [0.29, 0.717) is 17.0 Å². The minimum atomic E-state index is -0.543. The first-order valence-electron chi connectivity index (χ1n) is 4.60. The fourth-order valence-electron chi connectivity index (χ4n) is 1.47. The van der Waals surface area contributed by atoms with Gasteiger partial charge in [0.15, 0.2) is 5.65 Å². The molecule has 0 radical (unpaired) electrons. The molecule has 84 valence electrons. The quantitative estimate of drug-likeness (QED) is 0.504. The van der Waals surface area contributed by atoms with Gasteiger partial charge in [0.05, 0.1) is 5.56 Å². The first kappa shape index (κ1) is 9.39. The van der Waals surface area contributed by atoms with Crippen LogP contribution in [-0.4, -0.2) is 34.7 Å². The number of aromatic nitrogens is 6. The van der Waals surface area contributed by atoms with E-state index in [1.165, 1.54) is 10.8 Å². The Morgan fingerprint density at radius 2 is 2.35 bits per heavy atom. The molecular weight excluding hydrogens is 226 g/mol. The van der Waals surface area contributed by atoms with Gasteiger partial charge in [-0.3, -0.25) is 0 Å². The zero-order chi connectivity index (χ0) is 11.8. The SMILES string of the molecule is O=[N+]([O-])c1cnc(-c2ccnn3cnnc23)[nH]1. The molecule has 9 heteroatoms. The molecule has 3 aromatic heterocycles. The largest absolute Gasteiger partial charge is 0.358 e. The zero-order valence-electron chi connectivity index (χ0n) is 8.31. The van der Waals surface area contributed by atoms with Crippen LogP contribution in [0.3, 0.4) is 0 Å². The number of imidazole rings is 1. The third kappa shape index (κ3) is 1.40. The van der Waals surface area contributed by atoms with Gasteiger partial charge >= 0.3 is 5.82 Å². The molecule has 0 aromatic carbocycles. The number of fused-ring (bicyclic) bond motifs is 1. The highest BCUT2D eigenvalue weighted by atomic mass is 16.6. The maximum absolute atomic E-state index is 10.5. The summed E-state index contributed by atoms with van der Waals surface area (Å²) in [5.41, 5.74) is 1.09. The van der Waals surface area contributed by atoms with Crippen molar-refractivity contribution >= 4 is 11.5 Å². The molecule has 0 aliphatic carbocycles. The van der Waals surface area contributed by atoms with Crippen molar-refractivity contribution in [1.82, 2.24) is 29.8 Å². The molecule has 0 saturated carbocycles. The van der Waals surface area contributed by atoms with E-state index in [2.05, 4.69) is 25.3 Å². The third-order valence-corrected chi connectivity index (χ3v) is 2.22. The maximum Gasteiger partial charge on any atom is 0.340 e. The summed E-state index contributed by atoms with van der Waals surface area (Å²) in [6, 6.07) is 1.66. The Morgan fingerprint density at radius 3 is 3.12 bits per heavy atom. The van der Waals surface area contributed by atoms with Crippen LogP contribution in [0.25, 0.3) is 17.0 Å². The van der Waals surface area contributed by atoms with Gasteiger partial charge in [-0.05, 0) is 11.0 Å². The molecular formula is C8H5N7O2. The second-order valence-corrected chi connectivity index (χ2v) is 3.22. The second-order valence-electron chi connectivity index (χ2n) is 3.22. The molecule has 0 atom stereocenters. The Balaban J connectivity index is 2.19. The van der Waals surface area contributed by atoms with Gasteiger partial charge in [-0.2, -0.15) is 9.61 Å². The Morgan fingerprint density at radius 1 is 1.47 bits per heavy atom. The lowest BCUT2D eigenvalue weighted by Gasteiger charge is -1.95. The van der Waals surface area contributed by atoms with Crippen LogP contribution in [0.5, 0.6) is 0 Å². The molecule has 3 aromatic rings. The topological polar surface area (TPSA) is 115 Å². The molecule has 3 rings (SSSR count). The summed E-state index contributed by atoms with van der Waals surface area (Å²) in [6.07, 6.45) is 4.14. The number of aromatic amines is 1. The third-order valence-electron chi connectivity index (χ3n) is 2.22. The van der Waals surface area contributed by atoms with E-state index in [9.17, 15) is 10.1 Å². The van der Waals surface area contributed by atoms with Crippen molar-refractivity contribution in [2.75, 3.05) is 0 Å². The fraction of sp³-hybridized carbons (Fsp3) is 0. The van der Waals surface area contributed by atoms with Crippen LogP contribution in [0.15, 0.2) is 24.8 Å². The molecule has 3 heterocycles. The van der Waals surface area contributed by atoms with Crippen molar-refractivity contribution in [2.24, 2.45) is 0 Å². The molecule has 0 amide bonds. The number of hydrogen-bond donors (Lipinski definition) is 1. The lowest BCUT2D eigenvalue weighted by Crippen LogP contribution is -1.93. The molecule has 1 N–H and O–H groups in total. The Hall–Kier alpha value is -2.84. The van der Waals surface area contributed by atoms with Gasteiger partial charge in [0.25, 0.3) is 0 Å². The van der Waals surface area contributed by atoms with Crippen molar-refractivity contribution < 1.29 is 4.92 Å². The van der Waals surface area contributed by atoms with Crippen LogP contribution < -0.4 is 0 Å². The van der Waals surface area contributed by atoms with Crippen molar-refractivity contribution in [1.29, 1.82) is 0 Å². The molecule has 0 unspecified atom stereocenters. The summed E-state index contributed by atoms with van der Waals surface area (Å²) in [7, 11) is 0. The van der Waals surface area contributed by atoms with E-state index < -0.39 is 4.92 Å². The van der Waals surface area contributed by atoms with E-state index in [-0.39, 0.29) is 5.82 Å². The predicted octanol–water partition coefficient (Wildman–Crippen LogP) is 0.423. The number of H-pyrrole nitrogens is 1. The fourth-order valence-corrected chi connectivity index (χ4v) is 1.47. The average Bonchev–Trinajstić information content (AvgIpc) is 2.97. The lowest BCUT2D eigenvalue weighted by molar-refractivity contribution is -0.389. The van der Waals surface area contributed by atoms with Gasteiger partial charge in [0, 0.05) is 6.20 Å². The zero-order valence-corrected chi connectivity index (χ0v) is 8.31. The minimum Gasteiger partial charge on any atom is -0.358 e. The normalized spacial score (nSPS) is 10.8. The van der Waals surface area contributed by atoms with E-state index in [4.69, 9.17) is 0 Å². The van der Waals surface area contributed by atoms with Gasteiger partial charge in [-0.25, -0.2) is 9.97 Å². The maximum atomic E-state index is 10.5. The van der Waals surface area contributed by atoms with Gasteiger partial charge in [0.2, 0.25) is 5.82 Å². The summed E-state index contributed by atoms with van der Waals surface area (Å²) < 4.78 is 1.46. The van der Waals surface area contributed by atoms with Crippen molar-refractivity contribution in [3.05, 3.63) is 34.9 Å². The molecule has 0 saturated heterocycles. The number of rotatable bonds is 2. The minimum absolute atomic E-state index is 0.172. The first-order chi connectivity index (χ1) is 8.25. The lowest BCUT2D eigenvalue weighted by atomic mass is 10.3. The Bertz CT molecular complexity index is 701. The van der Waals surface area contributed by atoms with E-state index in [0.717, 1.165) is 6.20 Å². The number of hydrogen-bond acceptors (Lipinski definition) is 6. The monoisotopic (exact) mass is 231 g/mol. The van der Waals surface area contributed by atoms with Crippen LogP contribution in [-0.2, 0) is 0 Å². The summed E-state index contributed by atoms with van der Waals surface area (Å²) in [5.74, 6) is 0.187. The van der Waals surface area contributed by atoms with E-state index in [1.54, 1.807) is 12.3 Å². The smallest absolute Gasteiger partial charge is 0.340 e. The number of nitrogens with one attached hydrogen (secondary N) is 1. The molecule has 0 fully saturated rings.